The molecule has 0 unspecified atom stereocenters. The molecule has 3 aromatic carbocycles. The number of amides is 2. The lowest BCUT2D eigenvalue weighted by Crippen LogP contribution is -2.50. The van der Waals surface area contributed by atoms with E-state index in [1.807, 2.05) is 84.0 Å². The molecule has 6 heteroatoms. The van der Waals surface area contributed by atoms with Crippen LogP contribution in [0, 0.1) is 0 Å². The van der Waals surface area contributed by atoms with Crippen molar-refractivity contribution in [1.29, 1.82) is 0 Å². The lowest BCUT2D eigenvalue weighted by atomic mass is 10.1. The van der Waals surface area contributed by atoms with E-state index in [1.54, 1.807) is 0 Å². The van der Waals surface area contributed by atoms with Crippen LogP contribution >= 0.6 is 0 Å². The van der Waals surface area contributed by atoms with Gasteiger partial charge in [-0.3, -0.25) is 4.98 Å². The number of carbonyl (C=O) groups excluding carboxylic acids is 1. The molecule has 0 bridgehead atoms. The lowest BCUT2D eigenvalue weighted by molar-refractivity contribution is 0.208. The van der Waals surface area contributed by atoms with Crippen LogP contribution in [0.4, 0.5) is 16.2 Å². The number of hydrogen-bond acceptors (Lipinski definition) is 4. The third-order valence-corrected chi connectivity index (χ3v) is 5.64. The van der Waals surface area contributed by atoms with E-state index in [0.29, 0.717) is 13.1 Å². The highest BCUT2D eigenvalue weighted by Gasteiger charge is 2.22. The van der Waals surface area contributed by atoms with Crippen LogP contribution < -0.4 is 15.0 Å². The van der Waals surface area contributed by atoms with Gasteiger partial charge in [-0.25, -0.2) is 4.79 Å². The Bertz CT molecular complexity index is 1200. The monoisotopic (exact) mass is 424 g/mol. The number of urea groups is 1. The molecule has 1 saturated heterocycles. The molecule has 1 fully saturated rings. The normalized spacial score (nSPS) is 13.8. The Morgan fingerprint density at radius 1 is 0.781 bits per heavy atom. The Labute approximate surface area is 187 Å². The number of benzene rings is 3. The van der Waals surface area contributed by atoms with Crippen molar-refractivity contribution in [3.8, 4) is 11.5 Å². The number of rotatable bonds is 4. The lowest BCUT2D eigenvalue weighted by Gasteiger charge is -2.36. The van der Waals surface area contributed by atoms with Crippen LogP contribution in [0.1, 0.15) is 0 Å². The van der Waals surface area contributed by atoms with Crippen LogP contribution in [0.3, 0.4) is 0 Å². The summed E-state index contributed by atoms with van der Waals surface area (Å²) in [7, 11) is 0. The van der Waals surface area contributed by atoms with Crippen molar-refractivity contribution < 1.29 is 9.53 Å². The zero-order valence-corrected chi connectivity index (χ0v) is 17.6. The second-order valence-electron chi connectivity index (χ2n) is 7.72. The van der Waals surface area contributed by atoms with Gasteiger partial charge in [-0.2, -0.15) is 0 Å². The number of nitrogens with zero attached hydrogens (tertiary/aromatic N) is 3. The number of aromatic nitrogens is 1. The molecule has 1 aromatic heterocycles. The summed E-state index contributed by atoms with van der Waals surface area (Å²) in [6, 6.07) is 25.2. The van der Waals surface area contributed by atoms with Crippen molar-refractivity contribution in [3.63, 3.8) is 0 Å². The molecule has 1 aliphatic heterocycles. The first-order valence-corrected chi connectivity index (χ1v) is 10.7. The van der Waals surface area contributed by atoms with Crippen LogP contribution in [0.25, 0.3) is 10.8 Å². The van der Waals surface area contributed by atoms with Gasteiger partial charge in [0.25, 0.3) is 0 Å². The smallest absolute Gasteiger partial charge is 0.321 e. The number of fused-ring (bicyclic) bond motifs is 1. The van der Waals surface area contributed by atoms with Crippen LogP contribution in [-0.4, -0.2) is 42.1 Å². The minimum absolute atomic E-state index is 0.0857. The Kier molecular flexibility index (Phi) is 5.58. The number of carbonyl (C=O) groups is 1. The topological polar surface area (TPSA) is 57.7 Å². The second kappa shape index (κ2) is 8.98. The average molecular weight is 425 g/mol. The molecule has 0 atom stereocenters. The largest absolute Gasteiger partial charge is 0.457 e. The van der Waals surface area contributed by atoms with E-state index in [4.69, 9.17) is 4.74 Å². The molecule has 0 radical (unpaired) electrons. The number of hydrogen-bond donors (Lipinski definition) is 1. The van der Waals surface area contributed by atoms with Crippen molar-refractivity contribution in [1.82, 2.24) is 9.88 Å². The van der Waals surface area contributed by atoms with Gasteiger partial charge in [0.1, 0.15) is 11.5 Å². The number of anilines is 2. The first-order chi connectivity index (χ1) is 15.8. The van der Waals surface area contributed by atoms with Gasteiger partial charge >= 0.3 is 6.03 Å². The van der Waals surface area contributed by atoms with Gasteiger partial charge in [0.15, 0.2) is 0 Å². The number of ether oxygens (including phenoxy) is 1. The number of pyridine rings is 1. The third-order valence-electron chi connectivity index (χ3n) is 5.64. The van der Waals surface area contributed by atoms with E-state index in [1.165, 1.54) is 5.39 Å². The van der Waals surface area contributed by atoms with Gasteiger partial charge in [0.2, 0.25) is 0 Å². The maximum absolute atomic E-state index is 12.8. The van der Waals surface area contributed by atoms with E-state index < -0.39 is 0 Å². The molecule has 1 N–H and O–H groups in total. The van der Waals surface area contributed by atoms with Crippen LogP contribution in [0.15, 0.2) is 91.3 Å². The van der Waals surface area contributed by atoms with Crippen LogP contribution in [-0.2, 0) is 0 Å². The molecule has 2 amide bonds. The van der Waals surface area contributed by atoms with E-state index >= 15 is 0 Å². The van der Waals surface area contributed by atoms with Crippen LogP contribution in [0.5, 0.6) is 11.5 Å². The maximum atomic E-state index is 12.8. The predicted octanol–water partition coefficient (Wildman–Crippen LogP) is 5.38. The summed E-state index contributed by atoms with van der Waals surface area (Å²) < 4.78 is 5.81. The van der Waals surface area contributed by atoms with Gasteiger partial charge in [0.05, 0.1) is 11.9 Å². The summed E-state index contributed by atoms with van der Waals surface area (Å²) in [4.78, 5) is 21.3. The molecular formula is C26H24N4O2. The average Bonchev–Trinajstić information content (AvgIpc) is 2.86. The van der Waals surface area contributed by atoms with Crippen molar-refractivity contribution in [2.24, 2.45) is 0 Å². The van der Waals surface area contributed by atoms with E-state index in [-0.39, 0.29) is 6.03 Å². The number of para-hydroxylation sites is 1. The van der Waals surface area contributed by atoms with Gasteiger partial charge < -0.3 is 19.9 Å². The zero-order valence-electron chi connectivity index (χ0n) is 17.6. The molecule has 5 rings (SSSR count). The highest BCUT2D eigenvalue weighted by Crippen LogP contribution is 2.27. The van der Waals surface area contributed by atoms with Gasteiger partial charge in [0, 0.05) is 48.8 Å². The summed E-state index contributed by atoms with van der Waals surface area (Å²) in [6.45, 7) is 2.86. The fraction of sp³-hybridized carbons (Fsp3) is 0.154. The standard InChI is InChI=1S/C26H24N4O2/c31-26(28-21-10-12-23(13-11-21)32-22-7-2-1-3-8-22)30-16-14-29(15-17-30)25-19-27-18-20-6-4-5-9-24(20)25/h1-13,18-19H,14-17H2,(H,28,31). The minimum Gasteiger partial charge on any atom is -0.457 e. The first kappa shape index (κ1) is 19.9. The summed E-state index contributed by atoms with van der Waals surface area (Å²) in [6.07, 6.45) is 3.80. The summed E-state index contributed by atoms with van der Waals surface area (Å²) in [5.41, 5.74) is 1.87. The maximum Gasteiger partial charge on any atom is 0.321 e. The molecule has 32 heavy (non-hydrogen) atoms. The van der Waals surface area contributed by atoms with Gasteiger partial charge in [-0.1, -0.05) is 42.5 Å². The van der Waals surface area contributed by atoms with E-state index in [0.717, 1.165) is 41.3 Å². The third kappa shape index (κ3) is 4.34. The quantitative estimate of drug-likeness (QED) is 0.478. The molecule has 6 nitrogen and oxygen atoms in total. The molecule has 0 aliphatic carbocycles. The Morgan fingerprint density at radius 2 is 1.47 bits per heavy atom. The van der Waals surface area contributed by atoms with Crippen molar-refractivity contribution in [2.45, 2.75) is 0 Å². The van der Waals surface area contributed by atoms with Gasteiger partial charge in [-0.15, -0.1) is 0 Å². The summed E-state index contributed by atoms with van der Waals surface area (Å²) >= 11 is 0. The van der Waals surface area contributed by atoms with Crippen molar-refractivity contribution in [2.75, 3.05) is 36.4 Å². The molecule has 2 heterocycles. The number of piperazine rings is 1. The molecule has 4 aromatic rings. The SMILES string of the molecule is O=C(Nc1ccc(Oc2ccccc2)cc1)N1CCN(c2cncc3ccccc23)CC1. The highest BCUT2D eigenvalue weighted by atomic mass is 16.5. The highest BCUT2D eigenvalue weighted by molar-refractivity contribution is 5.93. The summed E-state index contributed by atoms with van der Waals surface area (Å²) in [5.74, 6) is 1.51. The summed E-state index contributed by atoms with van der Waals surface area (Å²) in [5, 5.41) is 5.31. The predicted molar refractivity (Wildman–Crippen MR) is 128 cm³/mol. The van der Waals surface area contributed by atoms with Crippen molar-refractivity contribution >= 4 is 28.2 Å². The Morgan fingerprint density at radius 3 is 2.25 bits per heavy atom. The Hall–Kier alpha value is -4.06. The fourth-order valence-electron chi connectivity index (χ4n) is 3.94. The first-order valence-electron chi connectivity index (χ1n) is 10.7. The molecule has 0 spiro atoms. The molecule has 160 valence electrons. The number of nitrogens with one attached hydrogen (secondary N) is 1. The second-order valence-corrected chi connectivity index (χ2v) is 7.72. The minimum atomic E-state index is -0.0857. The fourth-order valence-corrected chi connectivity index (χ4v) is 3.94. The van der Waals surface area contributed by atoms with E-state index in [2.05, 4.69) is 27.3 Å². The Balaban J connectivity index is 1.18. The molecular weight excluding hydrogens is 400 g/mol. The molecule has 1 aliphatic rings. The van der Waals surface area contributed by atoms with Gasteiger partial charge in [-0.05, 0) is 36.4 Å². The molecule has 0 saturated carbocycles. The van der Waals surface area contributed by atoms with E-state index in [9.17, 15) is 4.79 Å². The van der Waals surface area contributed by atoms with Crippen LogP contribution in [0.2, 0.25) is 0 Å². The zero-order chi connectivity index (χ0) is 21.8. The van der Waals surface area contributed by atoms with Crippen molar-refractivity contribution in [3.05, 3.63) is 91.3 Å².